The number of carboxylic acid groups (broad SMARTS) is 1. The number of hydrogen-bond acceptors (Lipinski definition) is 6. The van der Waals surface area contributed by atoms with Crippen LogP contribution in [0.3, 0.4) is 0 Å². The Hall–Kier alpha value is -2.69. The Labute approximate surface area is 229 Å². The molecule has 0 spiro atoms. The van der Waals surface area contributed by atoms with Crippen LogP contribution in [0.1, 0.15) is 33.5 Å². The summed E-state index contributed by atoms with van der Waals surface area (Å²) in [5, 5.41) is 14.2. The van der Waals surface area contributed by atoms with Crippen molar-refractivity contribution in [3.8, 4) is 16.9 Å². The van der Waals surface area contributed by atoms with Crippen LogP contribution in [0.2, 0.25) is 0 Å². The van der Waals surface area contributed by atoms with Crippen LogP contribution in [0.15, 0.2) is 66.7 Å². The predicted octanol–water partition coefficient (Wildman–Crippen LogP) is 0.993. The van der Waals surface area contributed by atoms with Crippen LogP contribution in [-0.4, -0.2) is 37.0 Å². The van der Waals surface area contributed by atoms with Crippen LogP contribution in [0.25, 0.3) is 11.1 Å². The van der Waals surface area contributed by atoms with Gasteiger partial charge >= 0.3 is 18.9 Å². The summed E-state index contributed by atoms with van der Waals surface area (Å²) in [5.74, 6) is -0.349. The molecular formula is C28H30LiNO5S. The Morgan fingerprint density at radius 2 is 1.69 bits per heavy atom. The molecule has 184 valence electrons. The molecule has 0 heterocycles. The standard InChI is InChI=1S/C28H31NO5S.Li/c1-19-7-4-5-10-23(19)25-16-21(18-34-17-20-8-6-9-22(15-20)33-2)11-12-24(25)27(30)29-26(28(31)32)13-14-35-3;/h4-12,15-16,26H,13-14,17-18H2,1-3H3,(H,29,30)(H,31,32);/q;+1/p-1/t26-;/m0./s1. The minimum atomic E-state index is -1.28. The van der Waals surface area contributed by atoms with Crippen LogP contribution >= 0.6 is 11.8 Å². The molecule has 0 aromatic heterocycles. The van der Waals surface area contributed by atoms with Crippen molar-refractivity contribution in [1.82, 2.24) is 5.32 Å². The Morgan fingerprint density at radius 3 is 2.36 bits per heavy atom. The van der Waals surface area contributed by atoms with Gasteiger partial charge in [-0.3, -0.25) is 4.79 Å². The van der Waals surface area contributed by atoms with Crippen LogP contribution < -0.4 is 34.0 Å². The number of methoxy groups -OCH3 is 1. The molecule has 3 aromatic carbocycles. The van der Waals surface area contributed by atoms with E-state index in [-0.39, 0.29) is 18.9 Å². The fourth-order valence-electron chi connectivity index (χ4n) is 3.75. The monoisotopic (exact) mass is 499 g/mol. The fourth-order valence-corrected chi connectivity index (χ4v) is 4.22. The van der Waals surface area contributed by atoms with Gasteiger partial charge in [0.1, 0.15) is 5.75 Å². The normalized spacial score (nSPS) is 11.3. The zero-order valence-corrected chi connectivity index (χ0v) is 22.0. The van der Waals surface area contributed by atoms with Gasteiger partial charge in [-0.15, -0.1) is 0 Å². The minimum absolute atomic E-state index is 0. The third-order valence-corrected chi connectivity index (χ3v) is 6.28. The fraction of sp³-hybridized carbons (Fsp3) is 0.286. The summed E-state index contributed by atoms with van der Waals surface area (Å²) in [6, 6.07) is 19.9. The molecule has 1 amide bonds. The van der Waals surface area contributed by atoms with Gasteiger partial charge in [0.25, 0.3) is 5.91 Å². The zero-order valence-electron chi connectivity index (χ0n) is 21.2. The third kappa shape index (κ3) is 8.18. The van der Waals surface area contributed by atoms with Gasteiger partial charge in [-0.2, -0.15) is 11.8 Å². The topological polar surface area (TPSA) is 87.7 Å². The molecule has 6 nitrogen and oxygen atoms in total. The van der Waals surface area contributed by atoms with Gasteiger partial charge in [-0.25, -0.2) is 0 Å². The van der Waals surface area contributed by atoms with E-state index in [9.17, 15) is 14.7 Å². The number of carbonyl (C=O) groups excluding carboxylic acids is 2. The van der Waals surface area contributed by atoms with Crippen molar-refractivity contribution < 1.29 is 43.0 Å². The van der Waals surface area contributed by atoms with Crippen molar-refractivity contribution in [3.05, 3.63) is 89.0 Å². The molecule has 0 fully saturated rings. The van der Waals surface area contributed by atoms with Crippen molar-refractivity contribution in [2.75, 3.05) is 19.1 Å². The summed E-state index contributed by atoms with van der Waals surface area (Å²) in [6.07, 6.45) is 2.19. The van der Waals surface area contributed by atoms with E-state index in [1.807, 2.05) is 73.8 Å². The Balaban J connectivity index is 0.00000456. The van der Waals surface area contributed by atoms with E-state index >= 15 is 0 Å². The third-order valence-electron chi connectivity index (χ3n) is 5.64. The van der Waals surface area contributed by atoms with Gasteiger partial charge in [0, 0.05) is 5.56 Å². The largest absolute Gasteiger partial charge is 1.00 e. The smallest absolute Gasteiger partial charge is 0.548 e. The first-order chi connectivity index (χ1) is 16.9. The predicted molar refractivity (Wildman–Crippen MR) is 137 cm³/mol. The summed E-state index contributed by atoms with van der Waals surface area (Å²) < 4.78 is 11.2. The van der Waals surface area contributed by atoms with Gasteiger partial charge in [0.05, 0.1) is 32.3 Å². The second-order valence-corrected chi connectivity index (χ2v) is 9.15. The van der Waals surface area contributed by atoms with E-state index in [4.69, 9.17) is 9.47 Å². The van der Waals surface area contributed by atoms with Crippen LogP contribution in [0.5, 0.6) is 5.75 Å². The molecule has 1 N–H and O–H groups in total. The summed E-state index contributed by atoms with van der Waals surface area (Å²) in [7, 11) is 1.63. The van der Waals surface area contributed by atoms with Gasteiger partial charge in [-0.05, 0) is 77.4 Å². The number of hydrogen-bond donors (Lipinski definition) is 1. The first-order valence-corrected chi connectivity index (χ1v) is 12.7. The number of amides is 1. The summed E-state index contributed by atoms with van der Waals surface area (Å²) >= 11 is 1.52. The van der Waals surface area contributed by atoms with Crippen LogP contribution in [-0.2, 0) is 22.7 Å². The van der Waals surface area contributed by atoms with Gasteiger partial charge in [0.2, 0.25) is 0 Å². The molecular weight excluding hydrogens is 469 g/mol. The van der Waals surface area contributed by atoms with Crippen molar-refractivity contribution in [2.45, 2.75) is 32.6 Å². The first-order valence-electron chi connectivity index (χ1n) is 11.3. The van der Waals surface area contributed by atoms with Crippen molar-refractivity contribution in [3.63, 3.8) is 0 Å². The molecule has 0 unspecified atom stereocenters. The second kappa shape index (κ2) is 14.8. The molecule has 36 heavy (non-hydrogen) atoms. The number of aryl methyl sites for hydroxylation is 1. The molecule has 0 bridgehead atoms. The molecule has 3 aromatic rings. The zero-order chi connectivity index (χ0) is 25.2. The number of benzene rings is 3. The van der Waals surface area contributed by atoms with Crippen molar-refractivity contribution in [2.24, 2.45) is 0 Å². The molecule has 0 aliphatic rings. The molecule has 0 aliphatic carbocycles. The summed E-state index contributed by atoms with van der Waals surface area (Å²) in [6.45, 7) is 2.75. The van der Waals surface area contributed by atoms with E-state index in [1.54, 1.807) is 13.2 Å². The number of ether oxygens (including phenoxy) is 2. The molecule has 1 atom stereocenters. The van der Waals surface area contributed by atoms with Crippen molar-refractivity contribution in [1.29, 1.82) is 0 Å². The quantitative estimate of drug-likeness (QED) is 0.374. The SMILES string of the molecule is COc1cccc(COCc2ccc(C(=O)N[C@@H](CCSC)C(=O)[O-])c(-c3ccccc3C)c2)c1.[Li+]. The molecule has 0 radical (unpaired) electrons. The second-order valence-electron chi connectivity index (χ2n) is 8.17. The maximum absolute atomic E-state index is 13.1. The summed E-state index contributed by atoms with van der Waals surface area (Å²) in [4.78, 5) is 24.7. The molecule has 0 saturated heterocycles. The van der Waals surface area contributed by atoms with E-state index in [0.29, 0.717) is 31.0 Å². The number of carboxylic acids is 1. The van der Waals surface area contributed by atoms with E-state index in [2.05, 4.69) is 5.32 Å². The average Bonchev–Trinajstić information content (AvgIpc) is 2.86. The first kappa shape index (κ1) is 29.5. The van der Waals surface area contributed by atoms with Gasteiger partial charge in [-0.1, -0.05) is 42.5 Å². The maximum atomic E-state index is 13.1. The van der Waals surface area contributed by atoms with E-state index in [0.717, 1.165) is 33.6 Å². The molecule has 0 aliphatic heterocycles. The van der Waals surface area contributed by atoms with E-state index < -0.39 is 17.9 Å². The number of thioether (sulfide) groups is 1. The minimum Gasteiger partial charge on any atom is -0.548 e. The van der Waals surface area contributed by atoms with Crippen LogP contribution in [0.4, 0.5) is 0 Å². The van der Waals surface area contributed by atoms with E-state index in [1.165, 1.54) is 11.8 Å². The summed E-state index contributed by atoms with van der Waals surface area (Å²) in [5.41, 5.74) is 4.95. The maximum Gasteiger partial charge on any atom is 1.00 e. The van der Waals surface area contributed by atoms with Crippen LogP contribution in [0, 0.1) is 6.92 Å². The Bertz CT molecular complexity index is 1170. The van der Waals surface area contributed by atoms with Crippen molar-refractivity contribution >= 4 is 23.6 Å². The number of carbonyl (C=O) groups is 2. The molecule has 3 rings (SSSR count). The number of nitrogens with one attached hydrogen (secondary N) is 1. The van der Waals surface area contributed by atoms with Gasteiger partial charge < -0.3 is 24.7 Å². The number of aliphatic carboxylic acids is 1. The average molecular weight is 500 g/mol. The molecule has 0 saturated carbocycles. The van der Waals surface area contributed by atoms with Gasteiger partial charge in [0.15, 0.2) is 0 Å². The number of rotatable bonds is 12. The Morgan fingerprint density at radius 1 is 0.972 bits per heavy atom. The Kier molecular flexibility index (Phi) is 12.1. The molecule has 8 heteroatoms.